The number of hydrazone groups is 1. The van der Waals surface area contributed by atoms with Crippen LogP contribution in [0.1, 0.15) is 65.3 Å². The summed E-state index contributed by atoms with van der Waals surface area (Å²) < 4.78 is 27.3. The summed E-state index contributed by atoms with van der Waals surface area (Å²) in [5, 5.41) is 9.59. The summed E-state index contributed by atoms with van der Waals surface area (Å²) >= 11 is 1.25. The molecule has 0 radical (unpaired) electrons. The topological polar surface area (TPSA) is 121 Å². The van der Waals surface area contributed by atoms with E-state index in [4.69, 9.17) is 5.73 Å². The van der Waals surface area contributed by atoms with Gasteiger partial charge < -0.3 is 11.1 Å². The summed E-state index contributed by atoms with van der Waals surface area (Å²) in [6, 6.07) is 0. The van der Waals surface area contributed by atoms with Crippen molar-refractivity contribution in [2.24, 2.45) is 11.0 Å². The number of thioether (sulfide) groups is 1. The second kappa shape index (κ2) is 18.0. The van der Waals surface area contributed by atoms with E-state index in [2.05, 4.69) is 40.3 Å². The number of sulfonamides is 1. The third-order valence-electron chi connectivity index (χ3n) is 6.24. The van der Waals surface area contributed by atoms with Crippen LogP contribution in [0.15, 0.2) is 51.7 Å². The van der Waals surface area contributed by atoms with Crippen LogP contribution in [-0.4, -0.2) is 78.8 Å². The van der Waals surface area contributed by atoms with Crippen molar-refractivity contribution in [3.8, 4) is 0 Å². The van der Waals surface area contributed by atoms with E-state index < -0.39 is 10.0 Å². The molecule has 230 valence electrons. The summed E-state index contributed by atoms with van der Waals surface area (Å²) in [6.45, 7) is 14.0. The van der Waals surface area contributed by atoms with Crippen molar-refractivity contribution in [2.45, 2.75) is 60.3 Å². The molecule has 0 aliphatic carbocycles. The van der Waals surface area contributed by atoms with Crippen LogP contribution in [0, 0.1) is 5.92 Å². The molecular formula is C29H50N8O2S2. The molecule has 2 unspecified atom stereocenters. The third kappa shape index (κ3) is 10.6. The minimum Gasteiger partial charge on any atom is -0.381 e. The number of hydrogen-bond acceptors (Lipinski definition) is 9. The summed E-state index contributed by atoms with van der Waals surface area (Å²) in [6.07, 6.45) is 17.3. The Bertz CT molecular complexity index is 1300. The lowest BCUT2D eigenvalue weighted by Gasteiger charge is -2.16. The van der Waals surface area contributed by atoms with Gasteiger partial charge in [-0.05, 0) is 38.1 Å². The molecule has 1 aliphatic heterocycles. The molecule has 0 amide bonds. The lowest BCUT2D eigenvalue weighted by molar-refractivity contribution is 0.481. The third-order valence-corrected chi connectivity index (χ3v) is 9.82. The van der Waals surface area contributed by atoms with Gasteiger partial charge in [0.05, 0.1) is 23.5 Å². The molecule has 2 aromatic rings. The molecular weight excluding hydrogens is 557 g/mol. The van der Waals surface area contributed by atoms with Crippen LogP contribution >= 0.6 is 11.8 Å². The van der Waals surface area contributed by atoms with Gasteiger partial charge in [0.15, 0.2) is 11.5 Å². The van der Waals surface area contributed by atoms with Gasteiger partial charge in [0.25, 0.3) is 0 Å². The first-order valence-electron chi connectivity index (χ1n) is 14.0. The zero-order valence-electron chi connectivity index (χ0n) is 26.4. The van der Waals surface area contributed by atoms with Crippen LogP contribution in [0.25, 0.3) is 5.65 Å². The van der Waals surface area contributed by atoms with Crippen molar-refractivity contribution >= 4 is 39.5 Å². The first-order chi connectivity index (χ1) is 19.5. The average Bonchev–Trinajstić information content (AvgIpc) is 3.38. The number of rotatable bonds is 11. The quantitative estimate of drug-likeness (QED) is 0.268. The Labute approximate surface area is 251 Å². The number of anilines is 1. The predicted octanol–water partition coefficient (Wildman–Crippen LogP) is 5.09. The van der Waals surface area contributed by atoms with E-state index in [1.165, 1.54) is 36.6 Å². The van der Waals surface area contributed by atoms with Crippen molar-refractivity contribution < 1.29 is 8.42 Å². The van der Waals surface area contributed by atoms with Crippen molar-refractivity contribution in [1.82, 2.24) is 29.0 Å². The van der Waals surface area contributed by atoms with Gasteiger partial charge in [0.2, 0.25) is 10.0 Å². The van der Waals surface area contributed by atoms with Gasteiger partial charge in [-0.25, -0.2) is 22.7 Å². The fourth-order valence-electron chi connectivity index (χ4n) is 3.77. The molecule has 3 N–H and O–H groups in total. The maximum Gasteiger partial charge on any atom is 0.248 e. The lowest BCUT2D eigenvalue weighted by atomic mass is 10.1. The lowest BCUT2D eigenvalue weighted by Crippen LogP contribution is -2.23. The number of hydrogen-bond donors (Lipinski definition) is 2. The minimum absolute atomic E-state index is 0.0874. The van der Waals surface area contributed by atoms with Gasteiger partial charge in [-0.3, -0.25) is 9.41 Å². The Kier molecular flexibility index (Phi) is 16.0. The molecule has 10 nitrogen and oxygen atoms in total. The maximum atomic E-state index is 11.8. The number of fused-ring (bicyclic) bond motifs is 1. The average molecular weight is 607 g/mol. The molecule has 0 spiro atoms. The van der Waals surface area contributed by atoms with Gasteiger partial charge in [-0.2, -0.15) is 5.10 Å². The highest BCUT2D eigenvalue weighted by Crippen LogP contribution is 2.26. The summed E-state index contributed by atoms with van der Waals surface area (Å²) in [4.78, 5) is 8.94. The van der Waals surface area contributed by atoms with Crippen molar-refractivity contribution in [3.05, 3.63) is 58.0 Å². The molecule has 0 saturated heterocycles. The minimum atomic E-state index is -3.29. The molecule has 41 heavy (non-hydrogen) atoms. The zero-order valence-corrected chi connectivity index (χ0v) is 28.1. The van der Waals surface area contributed by atoms with Gasteiger partial charge in [0.1, 0.15) is 4.24 Å². The predicted molar refractivity (Wildman–Crippen MR) is 177 cm³/mol. The Morgan fingerprint density at radius 1 is 1.32 bits per heavy atom. The number of allylic oxidation sites excluding steroid dienone is 4. The summed E-state index contributed by atoms with van der Waals surface area (Å²) in [7, 11) is 1.69. The molecule has 1 aliphatic rings. The highest BCUT2D eigenvalue weighted by Gasteiger charge is 2.21. The molecule has 0 fully saturated rings. The smallest absolute Gasteiger partial charge is 0.248 e. The van der Waals surface area contributed by atoms with E-state index in [0.717, 1.165) is 36.5 Å². The Morgan fingerprint density at radius 2 is 2.00 bits per heavy atom. The molecule has 12 heteroatoms. The first kappa shape index (κ1) is 36.4. The highest BCUT2D eigenvalue weighted by molar-refractivity contribution is 8.17. The van der Waals surface area contributed by atoms with Crippen molar-refractivity contribution in [1.29, 1.82) is 0 Å². The Hall–Kier alpha value is -2.67. The molecule has 0 saturated carbocycles. The normalized spacial score (nSPS) is 16.4. The van der Waals surface area contributed by atoms with E-state index in [1.807, 2.05) is 63.1 Å². The SMILES string of the molecule is C/C=C\C(C)=C(/SC)S(=O)(=O)N(C)C.CC.CCC(C)CNCCc1cn2c(C3C=CN(C)N=C3)cnc2c(N)n1. The summed E-state index contributed by atoms with van der Waals surface area (Å²) in [5.41, 5.74) is 9.61. The van der Waals surface area contributed by atoms with E-state index in [0.29, 0.717) is 21.6 Å². The van der Waals surface area contributed by atoms with Crippen molar-refractivity contribution in [3.63, 3.8) is 0 Å². The number of nitrogens with two attached hydrogens (primary N) is 1. The van der Waals surface area contributed by atoms with Crippen LogP contribution in [0.2, 0.25) is 0 Å². The zero-order chi connectivity index (χ0) is 31.2. The van der Waals surface area contributed by atoms with E-state index >= 15 is 0 Å². The van der Waals surface area contributed by atoms with Gasteiger partial charge in [-0.15, -0.1) is 11.8 Å². The standard InChI is InChI=1S/C18H27N7.C9H17NO2S2.C2H6/c1-4-13(2)9-20-7-5-15-12-25-16(11-21-18(25)17(19)23-15)14-6-8-24(3)22-10-14;1-6-7-8(2)9(13-5)14(11,12)10(3)4;1-2/h6,8,10-14,20H,4-5,7,9H2,1-3H3,(H2,19,23);6-7H,1-5H3;1-2H3/b;7-6-,9-8+;. The van der Waals surface area contributed by atoms with Gasteiger partial charge in [0, 0.05) is 52.7 Å². The van der Waals surface area contributed by atoms with E-state index in [-0.39, 0.29) is 5.92 Å². The first-order valence-corrected chi connectivity index (χ1v) is 16.7. The Balaban J connectivity index is 0.000000450. The molecule has 2 aromatic heterocycles. The fraction of sp³-hybridized carbons (Fsp3) is 0.552. The monoisotopic (exact) mass is 606 g/mol. The number of nitrogens with zero attached hydrogens (tertiary/aromatic N) is 6. The number of nitrogens with one attached hydrogen (secondary N) is 1. The van der Waals surface area contributed by atoms with Crippen LogP contribution < -0.4 is 11.1 Å². The van der Waals surface area contributed by atoms with Crippen LogP contribution in [0.4, 0.5) is 5.82 Å². The largest absolute Gasteiger partial charge is 0.381 e. The van der Waals surface area contributed by atoms with Gasteiger partial charge in [-0.1, -0.05) is 52.3 Å². The number of nitrogen functional groups attached to an aromatic ring is 1. The Morgan fingerprint density at radius 3 is 2.54 bits per heavy atom. The number of imidazole rings is 1. The molecule has 3 rings (SSSR count). The molecule has 3 heterocycles. The second-order valence-corrected chi connectivity index (χ2v) is 12.8. The van der Waals surface area contributed by atoms with E-state index in [9.17, 15) is 8.42 Å². The van der Waals surface area contributed by atoms with Gasteiger partial charge >= 0.3 is 0 Å². The molecule has 0 aromatic carbocycles. The molecule has 0 bridgehead atoms. The fourth-order valence-corrected chi connectivity index (χ4v) is 6.26. The van der Waals surface area contributed by atoms with Crippen LogP contribution in [-0.2, 0) is 16.4 Å². The number of aromatic nitrogens is 3. The van der Waals surface area contributed by atoms with Crippen LogP contribution in [0.3, 0.4) is 0 Å². The second-order valence-electron chi connectivity index (χ2n) is 9.63. The highest BCUT2D eigenvalue weighted by atomic mass is 32.3. The van der Waals surface area contributed by atoms with E-state index in [1.54, 1.807) is 24.3 Å². The van der Waals surface area contributed by atoms with Crippen molar-refractivity contribution in [2.75, 3.05) is 46.2 Å². The van der Waals surface area contributed by atoms with Crippen LogP contribution in [0.5, 0.6) is 0 Å². The summed E-state index contributed by atoms with van der Waals surface area (Å²) in [5.74, 6) is 1.25. The molecule has 2 atom stereocenters. The maximum absolute atomic E-state index is 11.8.